The molecule has 0 aromatic heterocycles. The third kappa shape index (κ3) is 5.61. The van der Waals surface area contributed by atoms with Crippen LogP contribution in [0.3, 0.4) is 0 Å². The van der Waals surface area contributed by atoms with Crippen LogP contribution in [-0.4, -0.2) is 32.3 Å². The lowest BCUT2D eigenvalue weighted by Gasteiger charge is -2.14. The Morgan fingerprint density at radius 2 is 1.71 bits per heavy atom. The van der Waals surface area contributed by atoms with Crippen molar-refractivity contribution in [2.45, 2.75) is 13.0 Å². The van der Waals surface area contributed by atoms with E-state index in [0.717, 1.165) is 0 Å². The molecule has 7 nitrogen and oxygen atoms in total. The Morgan fingerprint density at radius 1 is 1.04 bits per heavy atom. The number of nitrogens with zero attached hydrogens (tertiary/aromatic N) is 1. The summed E-state index contributed by atoms with van der Waals surface area (Å²) in [6.07, 6.45) is 0.482. The number of methoxy groups -OCH3 is 2. The van der Waals surface area contributed by atoms with E-state index in [-0.39, 0.29) is 11.3 Å². The number of rotatable bonds is 7. The van der Waals surface area contributed by atoms with E-state index in [4.69, 9.17) is 19.5 Å². The Balaban J connectivity index is 2.08. The highest BCUT2D eigenvalue weighted by molar-refractivity contribution is 5.97. The van der Waals surface area contributed by atoms with Crippen molar-refractivity contribution in [2.75, 3.05) is 14.2 Å². The Hall–Kier alpha value is -3.79. The van der Waals surface area contributed by atoms with E-state index in [1.165, 1.54) is 26.4 Å². The summed E-state index contributed by atoms with van der Waals surface area (Å²) in [7, 11) is 2.73. The third-order valence-electron chi connectivity index (χ3n) is 3.60. The molecule has 0 aliphatic carbocycles. The number of ether oxygens (including phenoxy) is 4. The summed E-state index contributed by atoms with van der Waals surface area (Å²) >= 11 is 0. The quantitative estimate of drug-likeness (QED) is 0.315. The van der Waals surface area contributed by atoms with Gasteiger partial charge >= 0.3 is 11.9 Å². The van der Waals surface area contributed by atoms with Gasteiger partial charge in [0.15, 0.2) is 6.10 Å². The number of benzene rings is 2. The maximum Gasteiger partial charge on any atom is 0.352 e. The van der Waals surface area contributed by atoms with Gasteiger partial charge in [0.2, 0.25) is 0 Å². The molecule has 0 aliphatic heterocycles. The molecule has 0 radical (unpaired) electrons. The van der Waals surface area contributed by atoms with Gasteiger partial charge in [0.05, 0.1) is 14.2 Å². The molecule has 0 amide bonds. The fraction of sp³-hybridized carbons (Fsp3) is 0.190. The minimum absolute atomic E-state index is 0.166. The number of hydrogen-bond donors (Lipinski definition) is 0. The molecule has 7 heteroatoms. The predicted molar refractivity (Wildman–Crippen MR) is 101 cm³/mol. The average Bonchev–Trinajstić information content (AvgIpc) is 2.71. The highest BCUT2D eigenvalue weighted by Crippen LogP contribution is 2.21. The molecule has 0 heterocycles. The van der Waals surface area contributed by atoms with Gasteiger partial charge in [0, 0.05) is 6.07 Å². The second-order valence-corrected chi connectivity index (χ2v) is 5.59. The lowest BCUT2D eigenvalue weighted by Crippen LogP contribution is -2.28. The maximum atomic E-state index is 12.3. The summed E-state index contributed by atoms with van der Waals surface area (Å²) in [6.45, 7) is 1.57. The summed E-state index contributed by atoms with van der Waals surface area (Å²) in [5, 5.41) is 9.02. The monoisotopic (exact) mass is 381 g/mol. The first kappa shape index (κ1) is 20.5. The summed E-state index contributed by atoms with van der Waals surface area (Å²) in [6, 6.07) is 15.0. The first-order valence-corrected chi connectivity index (χ1v) is 8.29. The molecule has 0 aliphatic rings. The fourth-order valence-electron chi connectivity index (χ4n) is 2.21. The van der Waals surface area contributed by atoms with Crippen LogP contribution >= 0.6 is 0 Å². The van der Waals surface area contributed by atoms with Crippen LogP contribution in [0.25, 0.3) is 6.08 Å². The van der Waals surface area contributed by atoms with Crippen molar-refractivity contribution in [3.8, 4) is 23.3 Å². The first-order chi connectivity index (χ1) is 13.5. The summed E-state index contributed by atoms with van der Waals surface area (Å²) in [5.74, 6) is -0.0155. The second kappa shape index (κ2) is 9.78. The van der Waals surface area contributed by atoms with E-state index in [1.807, 2.05) is 0 Å². The van der Waals surface area contributed by atoms with Crippen molar-refractivity contribution >= 4 is 18.0 Å². The van der Waals surface area contributed by atoms with Crippen LogP contribution in [0.4, 0.5) is 0 Å². The Bertz CT molecular complexity index is 928. The van der Waals surface area contributed by atoms with Crippen LogP contribution in [-0.2, 0) is 14.3 Å². The van der Waals surface area contributed by atoms with Gasteiger partial charge in [0.1, 0.15) is 28.9 Å². The van der Waals surface area contributed by atoms with Crippen LogP contribution in [0, 0.1) is 11.3 Å². The van der Waals surface area contributed by atoms with Crippen molar-refractivity contribution in [3.63, 3.8) is 0 Å². The predicted octanol–water partition coefficient (Wildman–Crippen LogP) is 3.15. The molecule has 0 fully saturated rings. The highest BCUT2D eigenvalue weighted by atomic mass is 16.6. The smallest absolute Gasteiger partial charge is 0.352 e. The standard InChI is InChI=1S/C21H19NO6/c1-14(27-19-9-5-7-17(12-19)25-2)20(23)28-18-8-4-6-15(11-18)10-16(13-22)21(24)26-3/h4-12,14H,1-3H3/b16-10+. The summed E-state index contributed by atoms with van der Waals surface area (Å²) < 4.78 is 20.6. The van der Waals surface area contributed by atoms with Crippen molar-refractivity contribution in [2.24, 2.45) is 0 Å². The van der Waals surface area contributed by atoms with Crippen LogP contribution in [0.15, 0.2) is 54.1 Å². The molecule has 0 N–H and O–H groups in total. The van der Waals surface area contributed by atoms with Crippen molar-refractivity contribution < 1.29 is 28.5 Å². The van der Waals surface area contributed by atoms with Crippen LogP contribution in [0.2, 0.25) is 0 Å². The molecule has 2 aromatic rings. The molecule has 28 heavy (non-hydrogen) atoms. The maximum absolute atomic E-state index is 12.3. The number of esters is 2. The van der Waals surface area contributed by atoms with E-state index in [9.17, 15) is 9.59 Å². The van der Waals surface area contributed by atoms with Gasteiger partial charge in [-0.3, -0.25) is 0 Å². The van der Waals surface area contributed by atoms with E-state index >= 15 is 0 Å². The van der Waals surface area contributed by atoms with Gasteiger partial charge in [-0.2, -0.15) is 5.26 Å². The lowest BCUT2D eigenvalue weighted by molar-refractivity contribution is -0.141. The van der Waals surface area contributed by atoms with Crippen molar-refractivity contribution in [1.82, 2.24) is 0 Å². The van der Waals surface area contributed by atoms with Gasteiger partial charge in [-0.05, 0) is 42.8 Å². The molecule has 144 valence electrons. The fourth-order valence-corrected chi connectivity index (χ4v) is 2.21. The molecule has 0 spiro atoms. The molecule has 2 aromatic carbocycles. The average molecular weight is 381 g/mol. The molecular formula is C21H19NO6. The zero-order chi connectivity index (χ0) is 20.5. The molecular weight excluding hydrogens is 362 g/mol. The Kier molecular flexibility index (Phi) is 7.17. The SMILES string of the molecule is COC(=O)/C(C#N)=C/c1cccc(OC(=O)C(C)Oc2cccc(OC)c2)c1. The molecule has 0 saturated carbocycles. The minimum atomic E-state index is -0.865. The topological polar surface area (TPSA) is 94.9 Å². The number of carbonyl (C=O) groups is 2. The van der Waals surface area contributed by atoms with E-state index < -0.39 is 18.0 Å². The molecule has 2 rings (SSSR count). The van der Waals surface area contributed by atoms with E-state index in [2.05, 4.69) is 4.74 Å². The zero-order valence-electron chi connectivity index (χ0n) is 15.7. The zero-order valence-corrected chi connectivity index (χ0v) is 15.7. The normalized spacial score (nSPS) is 11.7. The minimum Gasteiger partial charge on any atom is -0.497 e. The van der Waals surface area contributed by atoms with Crippen LogP contribution in [0.1, 0.15) is 12.5 Å². The van der Waals surface area contributed by atoms with Gasteiger partial charge in [0.25, 0.3) is 0 Å². The largest absolute Gasteiger partial charge is 0.497 e. The molecule has 1 unspecified atom stereocenters. The van der Waals surface area contributed by atoms with Crippen molar-refractivity contribution in [1.29, 1.82) is 5.26 Å². The summed E-state index contributed by atoms with van der Waals surface area (Å²) in [5.41, 5.74) is 0.342. The van der Waals surface area contributed by atoms with Gasteiger partial charge in [-0.15, -0.1) is 0 Å². The van der Waals surface area contributed by atoms with Crippen LogP contribution in [0.5, 0.6) is 17.2 Å². The Labute approximate surface area is 162 Å². The highest BCUT2D eigenvalue weighted by Gasteiger charge is 2.18. The van der Waals surface area contributed by atoms with Gasteiger partial charge in [-0.25, -0.2) is 9.59 Å². The second-order valence-electron chi connectivity index (χ2n) is 5.59. The molecule has 0 saturated heterocycles. The molecule has 0 bridgehead atoms. The number of nitriles is 1. The lowest BCUT2D eigenvalue weighted by atomic mass is 10.1. The van der Waals surface area contributed by atoms with Crippen LogP contribution < -0.4 is 14.2 Å². The van der Waals surface area contributed by atoms with E-state index in [1.54, 1.807) is 55.5 Å². The Morgan fingerprint density at radius 3 is 2.39 bits per heavy atom. The number of hydrogen-bond acceptors (Lipinski definition) is 7. The number of carbonyl (C=O) groups excluding carboxylic acids is 2. The van der Waals surface area contributed by atoms with Crippen molar-refractivity contribution in [3.05, 3.63) is 59.7 Å². The van der Waals surface area contributed by atoms with Gasteiger partial charge in [-0.1, -0.05) is 18.2 Å². The summed E-state index contributed by atoms with van der Waals surface area (Å²) in [4.78, 5) is 23.8. The van der Waals surface area contributed by atoms with E-state index in [0.29, 0.717) is 17.1 Å². The van der Waals surface area contributed by atoms with Gasteiger partial charge < -0.3 is 18.9 Å². The first-order valence-electron chi connectivity index (χ1n) is 8.29. The third-order valence-corrected chi connectivity index (χ3v) is 3.60. The molecule has 1 atom stereocenters.